The molecule has 0 bridgehead atoms. The number of likely N-dealkylation sites (N-methyl/N-ethyl adjacent to an activating group) is 6. The summed E-state index contributed by atoms with van der Waals surface area (Å²) in [4.78, 5) is 80.3. The molecule has 2 rings (SSSR count). The predicted octanol–water partition coefficient (Wildman–Crippen LogP) is -3.80. The van der Waals surface area contributed by atoms with E-state index in [9.17, 15) is 28.8 Å². The van der Waals surface area contributed by atoms with Crippen molar-refractivity contribution >= 4 is 35.6 Å². The Morgan fingerprint density at radius 2 is 1.05 bits per heavy atom. The quantitative estimate of drug-likeness (QED) is 0.128. The smallest absolute Gasteiger partial charge is 0.870 e. The first kappa shape index (κ1) is 45.7. The minimum atomic E-state index is -1.04. The van der Waals surface area contributed by atoms with Gasteiger partial charge in [-0.2, -0.15) is 0 Å². The van der Waals surface area contributed by atoms with Crippen LogP contribution in [-0.4, -0.2) is 175 Å². The molecule has 0 aromatic heterocycles. The zero-order valence-electron chi connectivity index (χ0n) is 27.7. The van der Waals surface area contributed by atoms with E-state index in [-0.39, 0.29) is 92.4 Å². The van der Waals surface area contributed by atoms with Crippen molar-refractivity contribution in [3.05, 3.63) is 0 Å². The number of esters is 1. The molecule has 0 saturated carbocycles. The summed E-state index contributed by atoms with van der Waals surface area (Å²) in [6, 6.07) is -1.78. The number of methoxy groups -OCH3 is 1. The van der Waals surface area contributed by atoms with Gasteiger partial charge in [0.05, 0.1) is 20.2 Å². The van der Waals surface area contributed by atoms with E-state index in [4.69, 9.17) is 9.84 Å². The third kappa shape index (κ3) is 12.7. The maximum absolute atomic E-state index is 12.3. The molecule has 4 amide bonds. The van der Waals surface area contributed by atoms with E-state index in [1.54, 1.807) is 35.0 Å². The van der Waals surface area contributed by atoms with Crippen molar-refractivity contribution in [1.82, 2.24) is 29.4 Å². The van der Waals surface area contributed by atoms with Gasteiger partial charge in [-0.15, -0.1) is 0 Å². The van der Waals surface area contributed by atoms with Gasteiger partial charge < -0.3 is 34.9 Å². The Balaban J connectivity index is -0.000000716. The molecule has 2 unspecified atom stereocenters. The second-order valence-corrected chi connectivity index (χ2v) is 11.5. The monoisotopic (exact) mass is 624 g/mol. The third-order valence-electron chi connectivity index (χ3n) is 7.37. The van der Waals surface area contributed by atoms with Gasteiger partial charge in [-0.25, -0.2) is 9.59 Å². The summed E-state index contributed by atoms with van der Waals surface area (Å²) in [7, 11) is 11.2. The summed E-state index contributed by atoms with van der Waals surface area (Å²) in [6.45, 7) is 8.48. The van der Waals surface area contributed by atoms with Crippen LogP contribution in [0.4, 0.5) is 0 Å². The molecule has 0 aromatic rings. The minimum Gasteiger partial charge on any atom is -0.870 e. The SMILES string of the molecule is C.CC(C)[C@@H](C(=O)O)N(C)C(=O)CN(C)C(=O)[C@H]1CN1C.COC(=O)[C@H](C(C)C)N(C)C(=O)CN(C)C(=O)[C@H]1CN1C.[Li+].[OH-]. The first-order chi connectivity index (χ1) is 18.9. The minimum absolute atomic E-state index is 0. The van der Waals surface area contributed by atoms with Crippen LogP contribution >= 0.6 is 0 Å². The number of aliphatic carboxylic acids is 1. The van der Waals surface area contributed by atoms with Gasteiger partial charge in [-0.05, 0) is 25.9 Å². The van der Waals surface area contributed by atoms with Crippen LogP contribution in [0.1, 0.15) is 35.1 Å². The molecular weight excluding hydrogens is 571 g/mol. The normalized spacial score (nSPS) is 20.5. The number of carbonyl (C=O) groups excluding carboxylic acids is 5. The van der Waals surface area contributed by atoms with Crippen LogP contribution in [0, 0.1) is 11.8 Å². The maximum atomic E-state index is 12.3. The summed E-state index contributed by atoms with van der Waals surface area (Å²) >= 11 is 0. The average Bonchev–Trinajstić information content (AvgIpc) is 3.79. The van der Waals surface area contributed by atoms with E-state index in [1.165, 1.54) is 33.8 Å². The molecule has 0 radical (unpaired) electrons. The van der Waals surface area contributed by atoms with E-state index in [1.807, 2.05) is 37.7 Å². The number of ether oxygens (including phenoxy) is 1. The van der Waals surface area contributed by atoms with E-state index in [2.05, 4.69) is 0 Å². The Kier molecular flexibility index (Phi) is 20.4. The number of hydrogen-bond donors (Lipinski definition) is 1. The van der Waals surface area contributed by atoms with Crippen LogP contribution in [-0.2, 0) is 33.5 Å². The molecule has 15 nitrogen and oxygen atoms in total. The number of carbonyl (C=O) groups is 6. The Morgan fingerprint density at radius 3 is 1.27 bits per heavy atom. The number of carboxylic acid groups (broad SMARTS) is 1. The van der Waals surface area contributed by atoms with E-state index >= 15 is 0 Å². The van der Waals surface area contributed by atoms with Gasteiger partial charge in [0.1, 0.15) is 24.2 Å². The van der Waals surface area contributed by atoms with Gasteiger partial charge in [0.15, 0.2) is 0 Å². The van der Waals surface area contributed by atoms with Crippen molar-refractivity contribution in [2.24, 2.45) is 11.8 Å². The molecule has 0 aliphatic carbocycles. The van der Waals surface area contributed by atoms with E-state index in [0.29, 0.717) is 6.54 Å². The Bertz CT molecular complexity index is 999. The third-order valence-corrected chi connectivity index (χ3v) is 7.37. The molecule has 2 heterocycles. The number of nitrogens with zero attached hydrogens (tertiary/aromatic N) is 6. The maximum Gasteiger partial charge on any atom is 1.00 e. The molecular formula is C28H53LiN6O9. The van der Waals surface area contributed by atoms with Gasteiger partial charge in [-0.3, -0.25) is 29.0 Å². The standard InChI is InChI=1S/C14H25N3O4.C13H23N3O4.CH4.Li.H2O/c1-9(2)12(14(20)21-6)17(5)11(18)8-16(4)13(19)10-7-15(10)3;1-8(2)11(13(19)20)16(5)10(17)7-15(4)12(18)9-6-14(9)3;;;/h9-10,12H,7-8H2,1-6H3;8-9,11H,6-7H2,1-5H3,(H,19,20);1H4;;1H2/q;;;+1;/p-1/t10-,12+,15?;9-,11+,14?;;;/m11.../s1. The van der Waals surface area contributed by atoms with Crippen LogP contribution in [0.2, 0.25) is 0 Å². The van der Waals surface area contributed by atoms with Crippen molar-refractivity contribution < 1.29 is 62.9 Å². The van der Waals surface area contributed by atoms with Crippen molar-refractivity contribution in [3.63, 3.8) is 0 Å². The molecule has 2 fully saturated rings. The van der Waals surface area contributed by atoms with Crippen LogP contribution in [0.15, 0.2) is 0 Å². The van der Waals surface area contributed by atoms with Crippen LogP contribution < -0.4 is 18.9 Å². The van der Waals surface area contributed by atoms with Gasteiger partial charge in [0, 0.05) is 41.3 Å². The fourth-order valence-electron chi connectivity index (χ4n) is 4.48. The molecule has 16 heteroatoms. The van der Waals surface area contributed by atoms with Crippen LogP contribution in [0.25, 0.3) is 0 Å². The van der Waals surface area contributed by atoms with Crippen LogP contribution in [0.5, 0.6) is 0 Å². The first-order valence-electron chi connectivity index (χ1n) is 13.6. The van der Waals surface area contributed by atoms with Gasteiger partial charge >= 0.3 is 30.8 Å². The largest absolute Gasteiger partial charge is 1.00 e. The Morgan fingerprint density at radius 1 is 0.750 bits per heavy atom. The summed E-state index contributed by atoms with van der Waals surface area (Å²) in [6.07, 6.45) is 0. The molecule has 44 heavy (non-hydrogen) atoms. The van der Waals surface area contributed by atoms with Crippen molar-refractivity contribution in [2.45, 2.75) is 59.3 Å². The predicted molar refractivity (Wildman–Crippen MR) is 159 cm³/mol. The molecule has 2 N–H and O–H groups in total. The van der Waals surface area contributed by atoms with Crippen LogP contribution in [0.3, 0.4) is 0 Å². The van der Waals surface area contributed by atoms with Gasteiger partial charge in [0.25, 0.3) is 0 Å². The van der Waals surface area contributed by atoms with Crippen molar-refractivity contribution in [3.8, 4) is 0 Å². The summed E-state index contributed by atoms with van der Waals surface area (Å²) < 4.78 is 4.74. The average molecular weight is 625 g/mol. The fourth-order valence-corrected chi connectivity index (χ4v) is 4.48. The first-order valence-corrected chi connectivity index (χ1v) is 13.6. The summed E-state index contributed by atoms with van der Waals surface area (Å²) in [5.74, 6) is -2.57. The number of hydrogen-bond acceptors (Lipinski definition) is 10. The molecule has 6 atom stereocenters. The second-order valence-electron chi connectivity index (χ2n) is 11.5. The van der Waals surface area contributed by atoms with Crippen molar-refractivity contribution in [2.75, 3.05) is 75.6 Å². The number of rotatable bonds is 12. The zero-order chi connectivity index (χ0) is 31.9. The Hall–Kier alpha value is -2.70. The number of amides is 4. The van der Waals surface area contributed by atoms with Gasteiger partial charge in [-0.1, -0.05) is 35.1 Å². The molecule has 2 aliphatic rings. The van der Waals surface area contributed by atoms with E-state index < -0.39 is 24.0 Å². The van der Waals surface area contributed by atoms with E-state index in [0.717, 1.165) is 6.54 Å². The second kappa shape index (κ2) is 19.6. The zero-order valence-corrected chi connectivity index (χ0v) is 27.7. The summed E-state index contributed by atoms with van der Waals surface area (Å²) in [5, 5.41) is 9.16. The molecule has 250 valence electrons. The molecule has 2 saturated heterocycles. The van der Waals surface area contributed by atoms with Gasteiger partial charge in [0.2, 0.25) is 23.6 Å². The molecule has 2 aliphatic heterocycles. The Labute approximate surface area is 274 Å². The summed E-state index contributed by atoms with van der Waals surface area (Å²) in [5.41, 5.74) is 0. The topological polar surface area (TPSA) is 181 Å². The molecule has 0 aromatic carbocycles. The number of carboxylic acids is 1. The molecule has 0 spiro atoms. The van der Waals surface area contributed by atoms with Crippen molar-refractivity contribution in [1.29, 1.82) is 0 Å². The fraction of sp³-hybridized carbons (Fsp3) is 0.786.